The van der Waals surface area contributed by atoms with Crippen LogP contribution in [0.1, 0.15) is 5.76 Å². The van der Waals surface area contributed by atoms with Crippen LogP contribution in [0.2, 0.25) is 0 Å². The van der Waals surface area contributed by atoms with Gasteiger partial charge >= 0.3 is 5.97 Å². The molecule has 0 bridgehead atoms. The van der Waals surface area contributed by atoms with Crippen molar-refractivity contribution in [2.75, 3.05) is 19.1 Å². The summed E-state index contributed by atoms with van der Waals surface area (Å²) in [6, 6.07) is 28.4. The SMILES string of the molecule is COc1ccc(N(c2ccc(OC)cc2)c2ccc(-c3ccc(/C=C(/C#N)C(=O)O)o3)cc2)cc1. The number of carboxylic acids is 1. The van der Waals surface area contributed by atoms with E-state index >= 15 is 0 Å². The van der Waals surface area contributed by atoms with Gasteiger partial charge < -0.3 is 23.9 Å². The molecule has 3 aromatic carbocycles. The third kappa shape index (κ3) is 5.18. The second-order valence-corrected chi connectivity index (χ2v) is 7.46. The topological polar surface area (TPSA) is 95.9 Å². The predicted octanol–water partition coefficient (Wildman–Crippen LogP) is 6.43. The molecule has 0 saturated carbocycles. The summed E-state index contributed by atoms with van der Waals surface area (Å²) in [4.78, 5) is 13.2. The lowest BCUT2D eigenvalue weighted by Gasteiger charge is -2.26. The zero-order chi connectivity index (χ0) is 24.8. The zero-order valence-electron chi connectivity index (χ0n) is 19.1. The van der Waals surface area contributed by atoms with Crippen molar-refractivity contribution in [2.24, 2.45) is 0 Å². The Hall–Kier alpha value is -4.96. The van der Waals surface area contributed by atoms with Crippen LogP contribution in [0.3, 0.4) is 0 Å². The minimum Gasteiger partial charge on any atom is -0.497 e. The number of nitrogens with zero attached hydrogens (tertiary/aromatic N) is 2. The van der Waals surface area contributed by atoms with Crippen LogP contribution >= 0.6 is 0 Å². The molecule has 0 spiro atoms. The van der Waals surface area contributed by atoms with Crippen LogP contribution in [-0.4, -0.2) is 25.3 Å². The van der Waals surface area contributed by atoms with Gasteiger partial charge in [0.25, 0.3) is 0 Å². The molecule has 1 heterocycles. The Labute approximate surface area is 202 Å². The molecular formula is C28H22N2O5. The first-order chi connectivity index (χ1) is 17.0. The number of hydrogen-bond donors (Lipinski definition) is 1. The van der Waals surface area contributed by atoms with E-state index in [9.17, 15) is 4.79 Å². The van der Waals surface area contributed by atoms with Crippen LogP contribution in [0, 0.1) is 11.3 Å². The van der Waals surface area contributed by atoms with Crippen molar-refractivity contribution in [3.63, 3.8) is 0 Å². The number of carbonyl (C=O) groups is 1. The minimum absolute atomic E-state index is 0.293. The first-order valence-electron chi connectivity index (χ1n) is 10.7. The van der Waals surface area contributed by atoms with E-state index in [4.69, 9.17) is 24.3 Å². The van der Waals surface area contributed by atoms with Gasteiger partial charge in [0.1, 0.15) is 34.7 Å². The Balaban J connectivity index is 1.67. The summed E-state index contributed by atoms with van der Waals surface area (Å²) in [5, 5.41) is 18.0. The van der Waals surface area contributed by atoms with Crippen molar-refractivity contribution < 1.29 is 23.8 Å². The monoisotopic (exact) mass is 466 g/mol. The Morgan fingerprint density at radius 2 is 1.31 bits per heavy atom. The van der Waals surface area contributed by atoms with Gasteiger partial charge in [-0.25, -0.2) is 4.79 Å². The molecule has 7 nitrogen and oxygen atoms in total. The molecule has 0 aliphatic carbocycles. The van der Waals surface area contributed by atoms with Crippen LogP contribution in [0.4, 0.5) is 17.1 Å². The highest BCUT2D eigenvalue weighted by atomic mass is 16.5. The summed E-state index contributed by atoms with van der Waals surface area (Å²) in [6.07, 6.45) is 1.20. The van der Waals surface area contributed by atoms with Gasteiger partial charge in [-0.3, -0.25) is 0 Å². The lowest BCUT2D eigenvalue weighted by atomic mass is 10.1. The van der Waals surface area contributed by atoms with Crippen LogP contribution in [0.25, 0.3) is 17.4 Å². The van der Waals surface area contributed by atoms with Gasteiger partial charge in [0.15, 0.2) is 0 Å². The van der Waals surface area contributed by atoms with Crippen LogP contribution in [-0.2, 0) is 4.79 Å². The van der Waals surface area contributed by atoms with Crippen molar-refractivity contribution in [3.05, 3.63) is 96.3 Å². The third-order valence-corrected chi connectivity index (χ3v) is 5.34. The van der Waals surface area contributed by atoms with E-state index in [1.165, 1.54) is 6.08 Å². The number of benzene rings is 3. The lowest BCUT2D eigenvalue weighted by molar-refractivity contribution is -0.132. The quantitative estimate of drug-likeness (QED) is 0.236. The fraction of sp³-hybridized carbons (Fsp3) is 0.0714. The van der Waals surface area contributed by atoms with Gasteiger partial charge in [-0.15, -0.1) is 0 Å². The molecule has 4 rings (SSSR count). The lowest BCUT2D eigenvalue weighted by Crippen LogP contribution is -2.09. The fourth-order valence-corrected chi connectivity index (χ4v) is 3.55. The number of furan rings is 1. The maximum absolute atomic E-state index is 11.1. The second kappa shape index (κ2) is 10.3. The number of nitriles is 1. The summed E-state index contributed by atoms with van der Waals surface area (Å²) in [6.45, 7) is 0. The fourth-order valence-electron chi connectivity index (χ4n) is 3.55. The van der Waals surface area contributed by atoms with E-state index in [-0.39, 0.29) is 0 Å². The predicted molar refractivity (Wildman–Crippen MR) is 133 cm³/mol. The van der Waals surface area contributed by atoms with Crippen molar-refractivity contribution in [1.29, 1.82) is 5.26 Å². The highest BCUT2D eigenvalue weighted by molar-refractivity contribution is 5.96. The first kappa shape index (κ1) is 23.2. The van der Waals surface area contributed by atoms with E-state index in [1.807, 2.05) is 72.8 Å². The van der Waals surface area contributed by atoms with E-state index in [0.29, 0.717) is 11.5 Å². The molecule has 1 aromatic heterocycles. The maximum atomic E-state index is 11.1. The highest BCUT2D eigenvalue weighted by Gasteiger charge is 2.14. The Kier molecular flexibility index (Phi) is 6.84. The molecule has 0 unspecified atom stereocenters. The van der Waals surface area contributed by atoms with Crippen LogP contribution in [0.5, 0.6) is 11.5 Å². The van der Waals surface area contributed by atoms with Gasteiger partial charge in [-0.2, -0.15) is 5.26 Å². The average Bonchev–Trinajstić information content (AvgIpc) is 3.37. The number of carboxylic acid groups (broad SMARTS) is 1. The molecule has 0 atom stereocenters. The van der Waals surface area contributed by atoms with E-state index < -0.39 is 11.5 Å². The summed E-state index contributed by atoms with van der Waals surface area (Å²) in [7, 11) is 3.27. The second-order valence-electron chi connectivity index (χ2n) is 7.46. The molecular weight excluding hydrogens is 444 g/mol. The largest absolute Gasteiger partial charge is 0.497 e. The highest BCUT2D eigenvalue weighted by Crippen LogP contribution is 2.37. The molecule has 0 fully saturated rings. The van der Waals surface area contributed by atoms with Crippen molar-refractivity contribution >= 4 is 29.1 Å². The molecule has 0 amide bonds. The van der Waals surface area contributed by atoms with Crippen molar-refractivity contribution in [2.45, 2.75) is 0 Å². The molecule has 1 N–H and O–H groups in total. The Morgan fingerprint density at radius 1 is 0.829 bits per heavy atom. The van der Waals surface area contributed by atoms with Crippen molar-refractivity contribution in [1.82, 2.24) is 0 Å². The van der Waals surface area contributed by atoms with Gasteiger partial charge in [-0.05, 0) is 84.9 Å². The molecule has 174 valence electrons. The average molecular weight is 466 g/mol. The number of ether oxygens (including phenoxy) is 2. The van der Waals surface area contributed by atoms with Gasteiger partial charge in [0, 0.05) is 28.7 Å². The maximum Gasteiger partial charge on any atom is 0.346 e. The van der Waals surface area contributed by atoms with Gasteiger partial charge in [0.05, 0.1) is 14.2 Å². The normalized spacial score (nSPS) is 10.9. The summed E-state index contributed by atoms with van der Waals surface area (Å²) in [5.74, 6) is 1.09. The Morgan fingerprint density at radius 3 is 1.74 bits per heavy atom. The van der Waals surface area contributed by atoms with Crippen LogP contribution < -0.4 is 14.4 Å². The smallest absolute Gasteiger partial charge is 0.346 e. The molecule has 0 aliphatic heterocycles. The number of methoxy groups -OCH3 is 2. The molecule has 0 radical (unpaired) electrons. The van der Waals surface area contributed by atoms with Gasteiger partial charge in [0.2, 0.25) is 0 Å². The van der Waals surface area contributed by atoms with E-state index in [2.05, 4.69) is 4.90 Å². The number of hydrogen-bond acceptors (Lipinski definition) is 6. The number of aliphatic carboxylic acids is 1. The van der Waals surface area contributed by atoms with Crippen LogP contribution in [0.15, 0.2) is 94.9 Å². The Bertz CT molecular complexity index is 1330. The van der Waals surface area contributed by atoms with Gasteiger partial charge in [-0.1, -0.05) is 0 Å². The standard InChI is InChI=1S/C28H22N2O5/c1-33-24-11-7-22(8-12-24)30(23-9-13-25(34-2)14-10-23)21-5-3-19(4-6-21)27-16-15-26(35-27)17-20(18-29)28(31)32/h3-17H,1-2H3,(H,31,32)/b20-17-. The molecule has 7 heteroatoms. The number of rotatable bonds is 8. The van der Waals surface area contributed by atoms with E-state index in [1.54, 1.807) is 32.4 Å². The summed E-state index contributed by atoms with van der Waals surface area (Å²) in [5.41, 5.74) is 3.25. The third-order valence-electron chi connectivity index (χ3n) is 5.34. The zero-order valence-corrected chi connectivity index (χ0v) is 19.1. The minimum atomic E-state index is -1.30. The molecule has 4 aromatic rings. The molecule has 35 heavy (non-hydrogen) atoms. The van der Waals surface area contributed by atoms with E-state index in [0.717, 1.165) is 34.1 Å². The summed E-state index contributed by atoms with van der Waals surface area (Å²) < 4.78 is 16.3. The molecule has 0 saturated heterocycles. The van der Waals surface area contributed by atoms with Crippen molar-refractivity contribution in [3.8, 4) is 28.9 Å². The number of anilines is 3. The molecule has 0 aliphatic rings. The summed E-state index contributed by atoms with van der Waals surface area (Å²) >= 11 is 0. The first-order valence-corrected chi connectivity index (χ1v) is 10.7.